The highest BCUT2D eigenvalue weighted by molar-refractivity contribution is 6.58. The topological polar surface area (TPSA) is 3.24 Å². The van der Waals surface area contributed by atoms with Gasteiger partial charge in [0.1, 0.15) is 0 Å². The lowest BCUT2D eigenvalue weighted by Crippen LogP contribution is -2.39. The minimum Gasteiger partial charge on any atom is -0.448 e. The Labute approximate surface area is 71.0 Å². The van der Waals surface area contributed by atoms with Gasteiger partial charge in [-0.3, -0.25) is 0 Å². The van der Waals surface area contributed by atoms with Crippen LogP contribution in [0.5, 0.6) is 0 Å². The molecule has 0 aliphatic carbocycles. The van der Waals surface area contributed by atoms with Gasteiger partial charge in [0.05, 0.1) is 0 Å². The second-order valence-corrected chi connectivity index (χ2v) is 3.85. The molecule has 0 saturated carbocycles. The predicted octanol–water partition coefficient (Wildman–Crippen LogP) is 2.10. The molecule has 0 bridgehead atoms. The third-order valence-electron chi connectivity index (χ3n) is 2.35. The summed E-state index contributed by atoms with van der Waals surface area (Å²) in [5.41, 5.74) is 0. The number of rotatable bonds is 2. The first kappa shape index (κ1) is 9.90. The van der Waals surface area contributed by atoms with E-state index in [4.69, 9.17) is 0 Å². The van der Waals surface area contributed by atoms with Crippen LogP contribution in [0.25, 0.3) is 0 Å². The highest BCUT2D eigenvalue weighted by atomic mass is 19.4. The Kier molecular flexibility index (Phi) is 2.71. The van der Waals surface area contributed by atoms with Gasteiger partial charge in [-0.15, -0.1) is 0 Å². The Morgan fingerprint density at radius 2 is 1.92 bits per heavy atom. The first-order chi connectivity index (χ1) is 5.38. The number of halogens is 3. The third-order valence-corrected chi connectivity index (χ3v) is 2.35. The van der Waals surface area contributed by atoms with Crippen molar-refractivity contribution < 1.29 is 12.9 Å². The van der Waals surface area contributed by atoms with Crippen molar-refractivity contribution in [1.29, 1.82) is 0 Å². The third kappa shape index (κ3) is 2.70. The molecule has 2 unspecified atom stereocenters. The van der Waals surface area contributed by atoms with Crippen LogP contribution in [0.15, 0.2) is 0 Å². The smallest absolute Gasteiger partial charge is 0.448 e. The molecule has 0 aromatic rings. The maximum absolute atomic E-state index is 12.0. The van der Waals surface area contributed by atoms with Crippen LogP contribution in [0.2, 0.25) is 0 Å². The van der Waals surface area contributed by atoms with Gasteiger partial charge in [0, 0.05) is 6.04 Å². The molecule has 0 radical (unpaired) electrons. The molecule has 0 N–H and O–H groups in total. The molecule has 5 heteroatoms. The van der Waals surface area contributed by atoms with Crippen molar-refractivity contribution >= 4 is 6.98 Å². The second kappa shape index (κ2) is 3.28. The van der Waals surface area contributed by atoms with Gasteiger partial charge in [-0.1, -0.05) is 6.92 Å². The van der Waals surface area contributed by atoms with Crippen LogP contribution in [0.3, 0.4) is 0 Å². The van der Waals surface area contributed by atoms with Crippen LogP contribution >= 0.6 is 0 Å². The molecule has 1 nitrogen and oxygen atoms in total. The van der Waals surface area contributed by atoms with E-state index in [9.17, 15) is 12.9 Å². The molecule has 1 saturated heterocycles. The minimum atomic E-state index is -4.64. The largest absolute Gasteiger partial charge is 0.492 e. The predicted molar refractivity (Wildman–Crippen MR) is 43.9 cm³/mol. The Balaban J connectivity index is 2.43. The van der Waals surface area contributed by atoms with Gasteiger partial charge < -0.3 is 17.8 Å². The zero-order chi connectivity index (χ0) is 9.35. The molecule has 0 aromatic carbocycles. The van der Waals surface area contributed by atoms with Crippen LogP contribution in [-0.2, 0) is 0 Å². The fourth-order valence-electron chi connectivity index (χ4n) is 1.91. The number of likely N-dealkylation sites (tertiary alicyclic amines) is 1. The highest BCUT2D eigenvalue weighted by Crippen LogP contribution is 2.24. The van der Waals surface area contributed by atoms with Crippen molar-refractivity contribution in [2.24, 2.45) is 5.92 Å². The fourth-order valence-corrected chi connectivity index (χ4v) is 1.91. The van der Waals surface area contributed by atoms with E-state index < -0.39 is 13.4 Å². The molecule has 72 valence electrons. The molecule has 1 aliphatic heterocycles. The average molecular weight is 180 g/mol. The maximum atomic E-state index is 12.0. The maximum Gasteiger partial charge on any atom is 0.492 e. The fraction of sp³-hybridized carbons (Fsp3) is 1.00. The summed E-state index contributed by atoms with van der Waals surface area (Å²) in [6, 6.07) is 0.100. The monoisotopic (exact) mass is 180 g/mol. The Morgan fingerprint density at radius 3 is 2.25 bits per heavy atom. The molecular formula is C7H14BF3N-. The van der Waals surface area contributed by atoms with E-state index in [-0.39, 0.29) is 6.04 Å². The molecule has 1 aliphatic rings. The summed E-state index contributed by atoms with van der Waals surface area (Å²) in [6.07, 6.45) is 0.206. The normalized spacial score (nSPS) is 32.8. The lowest BCUT2D eigenvalue weighted by molar-refractivity contribution is 0.270. The number of nitrogens with zero attached hydrogens (tertiary/aromatic N) is 1. The van der Waals surface area contributed by atoms with E-state index >= 15 is 0 Å². The van der Waals surface area contributed by atoms with E-state index in [1.54, 1.807) is 0 Å². The lowest BCUT2D eigenvalue weighted by Gasteiger charge is -2.26. The molecule has 1 fully saturated rings. The lowest BCUT2D eigenvalue weighted by atomic mass is 9.91. The SMILES string of the molecule is CC1CC(C)N(C[B-](F)(F)F)C1. The zero-order valence-electron chi connectivity index (χ0n) is 7.43. The van der Waals surface area contributed by atoms with Crippen molar-refractivity contribution in [2.45, 2.75) is 26.3 Å². The van der Waals surface area contributed by atoms with E-state index in [2.05, 4.69) is 0 Å². The van der Waals surface area contributed by atoms with E-state index in [1.165, 1.54) is 4.90 Å². The number of hydrogen-bond acceptors (Lipinski definition) is 1. The molecule has 0 aromatic heterocycles. The van der Waals surface area contributed by atoms with Crippen LogP contribution in [0, 0.1) is 5.92 Å². The summed E-state index contributed by atoms with van der Waals surface area (Å²) in [4.78, 5) is 1.53. The molecule has 0 spiro atoms. The molecule has 1 heterocycles. The van der Waals surface area contributed by atoms with Gasteiger partial charge in [-0.25, -0.2) is 0 Å². The average Bonchev–Trinajstić information content (AvgIpc) is 2.06. The van der Waals surface area contributed by atoms with E-state index in [0.29, 0.717) is 12.5 Å². The van der Waals surface area contributed by atoms with Gasteiger partial charge in [0.25, 0.3) is 0 Å². The molecule has 12 heavy (non-hydrogen) atoms. The zero-order valence-corrected chi connectivity index (χ0v) is 7.43. The van der Waals surface area contributed by atoms with Crippen LogP contribution < -0.4 is 0 Å². The van der Waals surface area contributed by atoms with Crippen molar-refractivity contribution in [1.82, 2.24) is 4.90 Å². The summed E-state index contributed by atoms with van der Waals surface area (Å²) in [7, 11) is 0. The van der Waals surface area contributed by atoms with Crippen molar-refractivity contribution in [2.75, 3.05) is 13.0 Å². The summed E-state index contributed by atoms with van der Waals surface area (Å²) in [6.45, 7) is -0.173. The molecule has 1 rings (SSSR count). The Hall–Kier alpha value is -0.185. The Morgan fingerprint density at radius 1 is 1.33 bits per heavy atom. The van der Waals surface area contributed by atoms with Crippen molar-refractivity contribution in [3.8, 4) is 0 Å². The summed E-state index contributed by atoms with van der Waals surface area (Å²) < 4.78 is 36.1. The molecule has 2 atom stereocenters. The van der Waals surface area contributed by atoms with Crippen LogP contribution in [-0.4, -0.2) is 30.9 Å². The van der Waals surface area contributed by atoms with Gasteiger partial charge in [-0.2, -0.15) is 0 Å². The van der Waals surface area contributed by atoms with Crippen molar-refractivity contribution in [3.05, 3.63) is 0 Å². The van der Waals surface area contributed by atoms with Crippen LogP contribution in [0.4, 0.5) is 12.9 Å². The van der Waals surface area contributed by atoms with Gasteiger partial charge >= 0.3 is 6.98 Å². The summed E-state index contributed by atoms with van der Waals surface area (Å²) >= 11 is 0. The van der Waals surface area contributed by atoms with Gasteiger partial charge in [0.15, 0.2) is 0 Å². The van der Waals surface area contributed by atoms with Gasteiger partial charge in [0.2, 0.25) is 0 Å². The standard InChI is InChI=1S/C7H14BF3N/c1-6-3-7(2)12(4-6)5-8(9,10)11/h6-7H,3-5H2,1-2H3/q-1. The number of hydrogen-bond donors (Lipinski definition) is 0. The summed E-state index contributed by atoms with van der Waals surface area (Å²) in [5, 5.41) is 0. The van der Waals surface area contributed by atoms with E-state index in [0.717, 1.165) is 6.42 Å². The minimum absolute atomic E-state index is 0.100. The Bertz CT molecular complexity index is 159. The highest BCUT2D eigenvalue weighted by Gasteiger charge is 2.33. The van der Waals surface area contributed by atoms with Crippen molar-refractivity contribution in [3.63, 3.8) is 0 Å². The van der Waals surface area contributed by atoms with E-state index in [1.807, 2.05) is 13.8 Å². The van der Waals surface area contributed by atoms with Crippen LogP contribution in [0.1, 0.15) is 20.3 Å². The first-order valence-corrected chi connectivity index (χ1v) is 4.33. The first-order valence-electron chi connectivity index (χ1n) is 4.33. The molecule has 0 amide bonds. The summed E-state index contributed by atoms with van der Waals surface area (Å²) in [5.74, 6) is 0.415. The quantitative estimate of drug-likeness (QED) is 0.588. The molecular weight excluding hydrogens is 166 g/mol. The second-order valence-electron chi connectivity index (χ2n) is 3.85. The van der Waals surface area contributed by atoms with Gasteiger partial charge in [-0.05, 0) is 32.3 Å².